The van der Waals surface area contributed by atoms with E-state index in [9.17, 15) is 27.9 Å². The van der Waals surface area contributed by atoms with Gasteiger partial charge in [-0.2, -0.15) is 13.2 Å². The number of halogens is 3. The molecule has 2 amide bonds. The van der Waals surface area contributed by atoms with Gasteiger partial charge in [-0.25, -0.2) is 9.59 Å². The highest BCUT2D eigenvalue weighted by molar-refractivity contribution is 5.91. The average molecular weight is 506 g/mol. The van der Waals surface area contributed by atoms with E-state index in [0.29, 0.717) is 56.2 Å². The molecule has 2 aliphatic heterocycles. The number of carbonyl (C=O) groups excluding carboxylic acids is 1. The summed E-state index contributed by atoms with van der Waals surface area (Å²) in [6, 6.07) is 7.91. The molecule has 3 N–H and O–H groups in total. The first-order valence-electron chi connectivity index (χ1n) is 12.0. The summed E-state index contributed by atoms with van der Waals surface area (Å²) in [5.74, 6) is -0.779. The maximum Gasteiger partial charge on any atom is 0.416 e. The highest BCUT2D eigenvalue weighted by Crippen LogP contribution is 2.44. The van der Waals surface area contributed by atoms with Crippen LogP contribution >= 0.6 is 0 Å². The van der Waals surface area contributed by atoms with Gasteiger partial charge in [0, 0.05) is 36.7 Å². The summed E-state index contributed by atoms with van der Waals surface area (Å²) >= 11 is 0. The number of nitrogens with zero attached hydrogens (tertiary/aromatic N) is 2. The number of aliphatic hydroxyl groups is 1. The molecule has 0 aromatic heterocycles. The van der Waals surface area contributed by atoms with Gasteiger partial charge in [-0.1, -0.05) is 13.8 Å². The first-order valence-corrected chi connectivity index (χ1v) is 12.0. The quantitative estimate of drug-likeness (QED) is 0.499. The van der Waals surface area contributed by atoms with E-state index in [4.69, 9.17) is 5.11 Å². The number of aromatic carboxylic acids is 1. The molecule has 1 saturated heterocycles. The van der Waals surface area contributed by atoms with Crippen molar-refractivity contribution in [2.75, 3.05) is 29.9 Å². The van der Waals surface area contributed by atoms with E-state index in [1.54, 1.807) is 17.0 Å². The van der Waals surface area contributed by atoms with Gasteiger partial charge in [-0.3, -0.25) is 0 Å². The van der Waals surface area contributed by atoms with Crippen LogP contribution in [0.3, 0.4) is 0 Å². The van der Waals surface area contributed by atoms with Crippen molar-refractivity contribution in [2.45, 2.75) is 51.3 Å². The molecule has 0 spiro atoms. The van der Waals surface area contributed by atoms with E-state index in [-0.39, 0.29) is 23.2 Å². The van der Waals surface area contributed by atoms with Gasteiger partial charge in [-0.05, 0) is 73.6 Å². The molecule has 0 saturated carbocycles. The van der Waals surface area contributed by atoms with Gasteiger partial charge < -0.3 is 25.3 Å². The van der Waals surface area contributed by atoms with Crippen molar-refractivity contribution in [3.8, 4) is 0 Å². The molecule has 0 bridgehead atoms. The minimum Gasteiger partial charge on any atom is -0.478 e. The number of urea groups is 1. The highest BCUT2D eigenvalue weighted by atomic mass is 19.4. The predicted octanol–water partition coefficient (Wildman–Crippen LogP) is 5.50. The zero-order valence-electron chi connectivity index (χ0n) is 20.2. The zero-order valence-corrected chi connectivity index (χ0v) is 20.2. The van der Waals surface area contributed by atoms with Crippen LogP contribution in [0.2, 0.25) is 0 Å². The van der Waals surface area contributed by atoms with Gasteiger partial charge in [0.15, 0.2) is 0 Å². The molecule has 7 nitrogen and oxygen atoms in total. The molecule has 0 unspecified atom stereocenters. The fraction of sp³-hybridized carbons (Fsp3) is 0.462. The number of anilines is 3. The minimum atomic E-state index is -4.60. The van der Waals surface area contributed by atoms with E-state index < -0.39 is 29.3 Å². The van der Waals surface area contributed by atoms with Gasteiger partial charge in [0.05, 0.1) is 16.7 Å². The topological polar surface area (TPSA) is 93.1 Å². The van der Waals surface area contributed by atoms with Crippen LogP contribution in [0.25, 0.3) is 0 Å². The van der Waals surface area contributed by atoms with Crippen molar-refractivity contribution in [3.63, 3.8) is 0 Å². The molecule has 10 heteroatoms. The lowest BCUT2D eigenvalue weighted by molar-refractivity contribution is -0.138. The number of piperidine rings is 1. The Morgan fingerprint density at radius 3 is 2.28 bits per heavy atom. The SMILES string of the molecule is CC(C)CC1(O)CCN(C(=O)Nc2cc3c(c(C(F)(F)F)c2)CCN3c2ccc(C(=O)O)cc2)CC1. The highest BCUT2D eigenvalue weighted by Gasteiger charge is 2.39. The second-order valence-corrected chi connectivity index (χ2v) is 10.0. The van der Waals surface area contributed by atoms with Crippen LogP contribution in [0.1, 0.15) is 54.6 Å². The van der Waals surface area contributed by atoms with Crippen molar-refractivity contribution in [2.24, 2.45) is 5.92 Å². The molecular weight excluding hydrogens is 475 g/mol. The van der Waals surface area contributed by atoms with Crippen LogP contribution in [0.15, 0.2) is 36.4 Å². The monoisotopic (exact) mass is 505 g/mol. The van der Waals surface area contributed by atoms with E-state index in [1.807, 2.05) is 13.8 Å². The van der Waals surface area contributed by atoms with Gasteiger partial charge >= 0.3 is 18.2 Å². The van der Waals surface area contributed by atoms with Crippen molar-refractivity contribution >= 4 is 29.1 Å². The predicted molar refractivity (Wildman–Crippen MR) is 130 cm³/mol. The lowest BCUT2D eigenvalue weighted by atomic mass is 9.84. The van der Waals surface area contributed by atoms with Crippen molar-refractivity contribution in [1.82, 2.24) is 4.90 Å². The molecule has 4 rings (SSSR count). The molecule has 36 heavy (non-hydrogen) atoms. The molecule has 1 fully saturated rings. The zero-order chi connectivity index (χ0) is 26.3. The minimum absolute atomic E-state index is 0.0307. The Kier molecular flexibility index (Phi) is 6.92. The lowest BCUT2D eigenvalue weighted by Gasteiger charge is -2.39. The maximum atomic E-state index is 13.9. The third-order valence-corrected chi connectivity index (χ3v) is 6.85. The van der Waals surface area contributed by atoms with Crippen molar-refractivity contribution < 1.29 is 33.0 Å². The largest absolute Gasteiger partial charge is 0.478 e. The second-order valence-electron chi connectivity index (χ2n) is 10.0. The molecular formula is C26H30F3N3O4. The van der Waals surface area contributed by atoms with Crippen LogP contribution in [-0.4, -0.2) is 52.3 Å². The summed E-state index contributed by atoms with van der Waals surface area (Å²) in [6.07, 6.45) is -2.98. The number of hydrogen-bond acceptors (Lipinski definition) is 4. The Labute approximate surface area is 207 Å². The first-order chi connectivity index (χ1) is 16.9. The number of alkyl halides is 3. The molecule has 194 valence electrons. The van der Waals surface area contributed by atoms with Gasteiger partial charge in [-0.15, -0.1) is 0 Å². The van der Waals surface area contributed by atoms with Crippen LogP contribution in [-0.2, 0) is 12.6 Å². The number of benzene rings is 2. The average Bonchev–Trinajstić information content (AvgIpc) is 3.21. The number of carbonyl (C=O) groups is 2. The number of carboxylic acid groups (broad SMARTS) is 1. The Hall–Kier alpha value is -3.27. The Balaban J connectivity index is 1.57. The molecule has 0 aliphatic carbocycles. The van der Waals surface area contributed by atoms with E-state index in [1.165, 1.54) is 23.1 Å². The second kappa shape index (κ2) is 9.65. The van der Waals surface area contributed by atoms with Crippen LogP contribution in [0.5, 0.6) is 0 Å². The smallest absolute Gasteiger partial charge is 0.416 e. The number of amides is 2. The molecule has 2 aromatic carbocycles. The van der Waals surface area contributed by atoms with Crippen molar-refractivity contribution in [1.29, 1.82) is 0 Å². The van der Waals surface area contributed by atoms with E-state index in [0.717, 1.165) is 6.07 Å². The molecule has 0 radical (unpaired) electrons. The van der Waals surface area contributed by atoms with E-state index >= 15 is 0 Å². The summed E-state index contributed by atoms with van der Waals surface area (Å²) in [6.45, 7) is 4.96. The lowest BCUT2D eigenvalue weighted by Crippen LogP contribution is -2.48. The first kappa shape index (κ1) is 25.8. The number of likely N-dealkylation sites (tertiary alicyclic amines) is 1. The number of hydrogen-bond donors (Lipinski definition) is 3. The van der Waals surface area contributed by atoms with Crippen LogP contribution < -0.4 is 10.2 Å². The summed E-state index contributed by atoms with van der Waals surface area (Å²) in [5.41, 5.74) is -0.493. The fourth-order valence-corrected chi connectivity index (χ4v) is 5.17. The van der Waals surface area contributed by atoms with Crippen molar-refractivity contribution in [3.05, 3.63) is 53.1 Å². The standard InChI is InChI=1S/C26H30F3N3O4/c1-16(2)15-25(36)8-11-31(12-9-25)24(35)30-18-13-21(26(27,28)29)20-7-10-32(22(20)14-18)19-5-3-17(4-6-19)23(33)34/h3-6,13-14,16,36H,7-12,15H2,1-2H3,(H,30,35)(H,33,34). The number of fused-ring (bicyclic) bond motifs is 1. The normalized spacial score (nSPS) is 17.3. The Bertz CT molecular complexity index is 1140. The molecule has 2 aromatic rings. The number of rotatable bonds is 5. The molecule has 2 aliphatic rings. The number of carboxylic acids is 1. The third kappa shape index (κ3) is 5.43. The van der Waals surface area contributed by atoms with Crippen LogP contribution in [0.4, 0.5) is 35.0 Å². The summed E-state index contributed by atoms with van der Waals surface area (Å²) in [4.78, 5) is 27.3. The number of nitrogens with one attached hydrogen (secondary N) is 1. The van der Waals surface area contributed by atoms with Gasteiger partial charge in [0.2, 0.25) is 0 Å². The fourth-order valence-electron chi connectivity index (χ4n) is 5.17. The van der Waals surface area contributed by atoms with Gasteiger partial charge in [0.25, 0.3) is 0 Å². The molecule has 0 atom stereocenters. The Morgan fingerprint density at radius 2 is 1.72 bits per heavy atom. The summed E-state index contributed by atoms with van der Waals surface area (Å²) < 4.78 is 41.8. The van der Waals surface area contributed by atoms with Crippen LogP contribution in [0, 0.1) is 5.92 Å². The maximum absolute atomic E-state index is 13.9. The van der Waals surface area contributed by atoms with E-state index in [2.05, 4.69) is 5.32 Å². The van der Waals surface area contributed by atoms with Gasteiger partial charge in [0.1, 0.15) is 0 Å². The summed E-state index contributed by atoms with van der Waals surface area (Å²) in [7, 11) is 0. The Morgan fingerprint density at radius 1 is 1.08 bits per heavy atom. The molecule has 2 heterocycles. The third-order valence-electron chi connectivity index (χ3n) is 6.85. The summed E-state index contributed by atoms with van der Waals surface area (Å²) in [5, 5.41) is 22.5.